The summed E-state index contributed by atoms with van der Waals surface area (Å²) in [5.41, 5.74) is 10.3. The third-order valence-corrected chi connectivity index (χ3v) is 3.55. The van der Waals surface area contributed by atoms with Gasteiger partial charge in [0.05, 0.1) is 0 Å². The zero-order valence-electron chi connectivity index (χ0n) is 11.7. The van der Waals surface area contributed by atoms with Crippen molar-refractivity contribution in [3.63, 3.8) is 0 Å². The SMILES string of the molecule is CN(C)c1ccc(-c2ccc(N)c3cnccc23)cc1. The average Bonchev–Trinajstić information content (AvgIpc) is 2.48. The summed E-state index contributed by atoms with van der Waals surface area (Å²) < 4.78 is 0. The highest BCUT2D eigenvalue weighted by molar-refractivity contribution is 6.02. The first-order chi connectivity index (χ1) is 9.66. The molecule has 0 radical (unpaired) electrons. The van der Waals surface area contributed by atoms with Crippen molar-refractivity contribution >= 4 is 22.1 Å². The lowest BCUT2D eigenvalue weighted by Gasteiger charge is -2.14. The van der Waals surface area contributed by atoms with Crippen LogP contribution in [0.25, 0.3) is 21.9 Å². The van der Waals surface area contributed by atoms with E-state index in [0.717, 1.165) is 16.5 Å². The minimum absolute atomic E-state index is 0.766. The molecule has 2 aromatic carbocycles. The van der Waals surface area contributed by atoms with Gasteiger partial charge in [-0.1, -0.05) is 18.2 Å². The van der Waals surface area contributed by atoms with E-state index in [0.29, 0.717) is 0 Å². The first-order valence-electron chi connectivity index (χ1n) is 6.57. The highest BCUT2D eigenvalue weighted by Gasteiger charge is 2.06. The molecule has 20 heavy (non-hydrogen) atoms. The Morgan fingerprint density at radius 1 is 0.900 bits per heavy atom. The number of fused-ring (bicyclic) bond motifs is 1. The van der Waals surface area contributed by atoms with Crippen molar-refractivity contribution in [1.82, 2.24) is 4.98 Å². The Bertz CT molecular complexity index is 746. The van der Waals surface area contributed by atoms with Crippen LogP contribution in [0.4, 0.5) is 11.4 Å². The molecule has 3 heteroatoms. The van der Waals surface area contributed by atoms with E-state index in [1.165, 1.54) is 16.8 Å². The second kappa shape index (κ2) is 4.85. The molecule has 1 aromatic heterocycles. The zero-order chi connectivity index (χ0) is 14.1. The van der Waals surface area contributed by atoms with Gasteiger partial charge in [-0.15, -0.1) is 0 Å². The lowest BCUT2D eigenvalue weighted by atomic mass is 9.98. The number of anilines is 2. The molecule has 0 saturated heterocycles. The Balaban J connectivity index is 2.17. The highest BCUT2D eigenvalue weighted by atomic mass is 15.1. The Labute approximate surface area is 118 Å². The third-order valence-electron chi connectivity index (χ3n) is 3.55. The van der Waals surface area contributed by atoms with Crippen LogP contribution in [-0.2, 0) is 0 Å². The third kappa shape index (κ3) is 2.07. The monoisotopic (exact) mass is 263 g/mol. The standard InChI is InChI=1S/C17H17N3/c1-20(2)13-5-3-12(4-6-13)14-7-8-17(18)16-11-19-10-9-15(14)16/h3-11H,18H2,1-2H3. The van der Waals surface area contributed by atoms with Gasteiger partial charge in [0.1, 0.15) is 0 Å². The van der Waals surface area contributed by atoms with Gasteiger partial charge in [-0.05, 0) is 40.8 Å². The highest BCUT2D eigenvalue weighted by Crippen LogP contribution is 2.32. The van der Waals surface area contributed by atoms with Crippen molar-refractivity contribution in [2.24, 2.45) is 0 Å². The summed E-state index contributed by atoms with van der Waals surface area (Å²) in [6.07, 6.45) is 3.63. The molecule has 2 N–H and O–H groups in total. The van der Waals surface area contributed by atoms with Gasteiger partial charge in [0.2, 0.25) is 0 Å². The molecule has 0 amide bonds. The summed E-state index contributed by atoms with van der Waals surface area (Å²) in [5, 5.41) is 2.14. The predicted molar refractivity (Wildman–Crippen MR) is 85.9 cm³/mol. The Kier molecular flexibility index (Phi) is 3.03. The average molecular weight is 263 g/mol. The van der Waals surface area contributed by atoms with E-state index in [1.54, 1.807) is 6.20 Å². The van der Waals surface area contributed by atoms with E-state index in [9.17, 15) is 0 Å². The lowest BCUT2D eigenvalue weighted by Crippen LogP contribution is -2.07. The van der Waals surface area contributed by atoms with Crippen LogP contribution in [0, 0.1) is 0 Å². The largest absolute Gasteiger partial charge is 0.398 e. The fraction of sp³-hybridized carbons (Fsp3) is 0.118. The molecular formula is C17H17N3. The number of aromatic nitrogens is 1. The summed E-state index contributed by atoms with van der Waals surface area (Å²) in [5.74, 6) is 0. The molecule has 0 spiro atoms. The summed E-state index contributed by atoms with van der Waals surface area (Å²) >= 11 is 0. The van der Waals surface area contributed by atoms with Crippen LogP contribution in [0.2, 0.25) is 0 Å². The van der Waals surface area contributed by atoms with E-state index >= 15 is 0 Å². The molecule has 100 valence electrons. The second-order valence-electron chi connectivity index (χ2n) is 5.06. The molecule has 0 aliphatic rings. The van der Waals surface area contributed by atoms with E-state index < -0.39 is 0 Å². The van der Waals surface area contributed by atoms with Gasteiger partial charge in [-0.2, -0.15) is 0 Å². The molecule has 3 rings (SSSR count). The Hall–Kier alpha value is -2.55. The fourth-order valence-corrected chi connectivity index (χ4v) is 2.40. The number of hydrogen-bond donors (Lipinski definition) is 1. The molecule has 1 heterocycles. The summed E-state index contributed by atoms with van der Waals surface area (Å²) in [6.45, 7) is 0. The number of hydrogen-bond acceptors (Lipinski definition) is 3. The molecule has 0 aliphatic carbocycles. The summed E-state index contributed by atoms with van der Waals surface area (Å²) in [6, 6.07) is 14.6. The molecule has 0 fully saturated rings. The van der Waals surface area contributed by atoms with Gasteiger partial charge in [0.25, 0.3) is 0 Å². The number of nitrogen functional groups attached to an aromatic ring is 1. The van der Waals surface area contributed by atoms with Gasteiger partial charge in [-0.25, -0.2) is 0 Å². The molecule has 3 aromatic rings. The number of benzene rings is 2. The molecular weight excluding hydrogens is 246 g/mol. The van der Waals surface area contributed by atoms with Gasteiger partial charge in [-0.3, -0.25) is 4.98 Å². The van der Waals surface area contributed by atoms with Crippen molar-refractivity contribution in [3.8, 4) is 11.1 Å². The predicted octanol–water partition coefficient (Wildman–Crippen LogP) is 3.55. The van der Waals surface area contributed by atoms with E-state index in [2.05, 4.69) is 40.2 Å². The topological polar surface area (TPSA) is 42.1 Å². The fourth-order valence-electron chi connectivity index (χ4n) is 2.40. The van der Waals surface area contributed by atoms with Crippen LogP contribution < -0.4 is 10.6 Å². The summed E-state index contributed by atoms with van der Waals surface area (Å²) in [7, 11) is 4.08. The van der Waals surface area contributed by atoms with Crippen molar-refractivity contribution < 1.29 is 0 Å². The maximum atomic E-state index is 6.02. The van der Waals surface area contributed by atoms with Crippen LogP contribution in [0.15, 0.2) is 54.9 Å². The number of pyridine rings is 1. The van der Waals surface area contributed by atoms with Gasteiger partial charge >= 0.3 is 0 Å². The van der Waals surface area contributed by atoms with Crippen LogP contribution in [0.5, 0.6) is 0 Å². The van der Waals surface area contributed by atoms with Gasteiger partial charge in [0.15, 0.2) is 0 Å². The first kappa shape index (κ1) is 12.5. The van der Waals surface area contributed by atoms with Crippen LogP contribution >= 0.6 is 0 Å². The van der Waals surface area contributed by atoms with Gasteiger partial charge in [0, 0.05) is 43.3 Å². The van der Waals surface area contributed by atoms with Crippen molar-refractivity contribution in [2.75, 3.05) is 24.7 Å². The molecule has 0 aliphatic heterocycles. The Morgan fingerprint density at radius 3 is 2.35 bits per heavy atom. The molecule has 0 atom stereocenters. The zero-order valence-corrected chi connectivity index (χ0v) is 11.7. The van der Waals surface area contributed by atoms with E-state index in [4.69, 9.17) is 5.73 Å². The first-order valence-corrected chi connectivity index (χ1v) is 6.57. The van der Waals surface area contributed by atoms with Crippen molar-refractivity contribution in [2.45, 2.75) is 0 Å². The van der Waals surface area contributed by atoms with E-state index in [1.807, 2.05) is 32.4 Å². The maximum Gasteiger partial charge on any atom is 0.0409 e. The number of rotatable bonds is 2. The van der Waals surface area contributed by atoms with E-state index in [-0.39, 0.29) is 0 Å². The quantitative estimate of drug-likeness (QED) is 0.719. The minimum Gasteiger partial charge on any atom is -0.398 e. The van der Waals surface area contributed by atoms with Crippen LogP contribution in [0.3, 0.4) is 0 Å². The normalized spacial score (nSPS) is 10.7. The van der Waals surface area contributed by atoms with Crippen molar-refractivity contribution in [3.05, 3.63) is 54.9 Å². The maximum absolute atomic E-state index is 6.02. The van der Waals surface area contributed by atoms with Crippen LogP contribution in [0.1, 0.15) is 0 Å². The molecule has 0 unspecified atom stereocenters. The Morgan fingerprint density at radius 2 is 1.65 bits per heavy atom. The second-order valence-corrected chi connectivity index (χ2v) is 5.06. The molecule has 0 saturated carbocycles. The minimum atomic E-state index is 0.766. The lowest BCUT2D eigenvalue weighted by molar-refractivity contribution is 1.13. The number of nitrogens with two attached hydrogens (primary N) is 1. The number of nitrogens with zero attached hydrogens (tertiary/aromatic N) is 2. The molecule has 0 bridgehead atoms. The van der Waals surface area contributed by atoms with Gasteiger partial charge < -0.3 is 10.6 Å². The molecule has 3 nitrogen and oxygen atoms in total. The summed E-state index contributed by atoms with van der Waals surface area (Å²) in [4.78, 5) is 6.25. The van der Waals surface area contributed by atoms with Crippen molar-refractivity contribution in [1.29, 1.82) is 0 Å². The smallest absolute Gasteiger partial charge is 0.0409 e. The van der Waals surface area contributed by atoms with Crippen LogP contribution in [-0.4, -0.2) is 19.1 Å².